The quantitative estimate of drug-likeness (QED) is 0.307. The van der Waals surface area contributed by atoms with Gasteiger partial charge in [-0.15, -0.1) is 0 Å². The number of hydrogen-bond donors (Lipinski definition) is 4. The maximum Gasteiger partial charge on any atom is 0.244 e. The molecule has 3 amide bonds. The van der Waals surface area contributed by atoms with Gasteiger partial charge in [0.2, 0.25) is 27.7 Å². The fraction of sp³-hybridized carbons (Fsp3) is 0.667. The molecular weight excluding hydrogens is 573 g/mol. The van der Waals surface area contributed by atoms with Gasteiger partial charge in [-0.2, -0.15) is 4.31 Å². The first-order valence-corrected chi connectivity index (χ1v) is 15.9. The molecule has 1 aromatic carbocycles. The largest absolute Gasteiger partial charge is 0.388 e. The van der Waals surface area contributed by atoms with Gasteiger partial charge in [0.05, 0.1) is 23.5 Å². The molecule has 4 saturated heterocycles. The van der Waals surface area contributed by atoms with Crippen LogP contribution < -0.4 is 10.6 Å². The Balaban J connectivity index is 1.32. The Bertz CT molecular complexity index is 1350. The number of hydrogen-bond acceptors (Lipinski definition) is 9. The standard InChI is InChI=1S/C27H36FN5O8S/c28-15-3-1-6-18(9-15)42(39,40)33-8-7-31-14-20(33)26(37)29-12-22-25(36)24(35)21(41-22)11-23(34)30-16-10-19(27(31)38)32(13-16)17-4-2-5-17/h1,3,6,9,16-17,19-22,24-25,35-36H,2,4-5,7-8,10-14H2,(H,29,37)(H,30,34)/t16-,19-,20-,21-,22+,24-,25+/m0/s1. The van der Waals surface area contributed by atoms with Crippen LogP contribution in [0.2, 0.25) is 0 Å². The molecule has 42 heavy (non-hydrogen) atoms. The second-order valence-corrected chi connectivity index (χ2v) is 13.7. The molecule has 15 heteroatoms. The lowest BCUT2D eigenvalue weighted by Gasteiger charge is -2.43. The van der Waals surface area contributed by atoms with E-state index < -0.39 is 58.2 Å². The molecule has 1 aliphatic carbocycles. The highest BCUT2D eigenvalue weighted by Crippen LogP contribution is 2.33. The predicted octanol–water partition coefficient (Wildman–Crippen LogP) is -1.85. The van der Waals surface area contributed by atoms with Gasteiger partial charge in [-0.3, -0.25) is 19.3 Å². The molecule has 0 spiro atoms. The van der Waals surface area contributed by atoms with Crippen LogP contribution in [-0.4, -0.2) is 132 Å². The Morgan fingerprint density at radius 1 is 1.00 bits per heavy atom. The van der Waals surface area contributed by atoms with E-state index >= 15 is 0 Å². The highest BCUT2D eigenvalue weighted by molar-refractivity contribution is 7.89. The Morgan fingerprint density at radius 3 is 2.48 bits per heavy atom. The highest BCUT2D eigenvalue weighted by Gasteiger charge is 2.49. The normalized spacial score (nSPS) is 35.5. The first-order chi connectivity index (χ1) is 20.0. The summed E-state index contributed by atoms with van der Waals surface area (Å²) < 4.78 is 47.9. The van der Waals surface area contributed by atoms with Crippen molar-refractivity contribution in [1.82, 2.24) is 24.7 Å². The number of carbonyl (C=O) groups is 3. The van der Waals surface area contributed by atoms with Gasteiger partial charge in [0.15, 0.2) is 0 Å². The van der Waals surface area contributed by atoms with E-state index in [4.69, 9.17) is 4.74 Å². The van der Waals surface area contributed by atoms with Gasteiger partial charge in [0.25, 0.3) is 0 Å². The van der Waals surface area contributed by atoms with Gasteiger partial charge in [0, 0.05) is 44.8 Å². The molecule has 4 aliphatic heterocycles. The van der Waals surface area contributed by atoms with Crippen molar-refractivity contribution in [3.8, 4) is 0 Å². The Hall–Kier alpha value is -2.69. The number of sulfonamides is 1. The van der Waals surface area contributed by atoms with E-state index in [0.717, 1.165) is 35.7 Å². The van der Waals surface area contributed by atoms with E-state index in [0.29, 0.717) is 13.0 Å². The van der Waals surface area contributed by atoms with Crippen LogP contribution in [0.15, 0.2) is 29.2 Å². The van der Waals surface area contributed by atoms with Crippen LogP contribution in [0.4, 0.5) is 4.39 Å². The number of carbonyl (C=O) groups excluding carboxylic acids is 3. The zero-order chi connectivity index (χ0) is 29.8. The first-order valence-electron chi connectivity index (χ1n) is 14.4. The van der Waals surface area contributed by atoms with E-state index in [1.165, 1.54) is 17.0 Å². The molecule has 13 nitrogen and oxygen atoms in total. The summed E-state index contributed by atoms with van der Waals surface area (Å²) in [5.41, 5.74) is 0. The van der Waals surface area contributed by atoms with Gasteiger partial charge >= 0.3 is 0 Å². The van der Waals surface area contributed by atoms with Crippen molar-refractivity contribution in [2.45, 2.75) is 85.6 Å². The van der Waals surface area contributed by atoms with Crippen molar-refractivity contribution >= 4 is 27.7 Å². The number of benzene rings is 1. The summed E-state index contributed by atoms with van der Waals surface area (Å²) in [5.74, 6) is -2.08. The van der Waals surface area contributed by atoms with Crippen molar-refractivity contribution < 1.29 is 42.1 Å². The maximum absolute atomic E-state index is 14.0. The Morgan fingerprint density at radius 2 is 1.76 bits per heavy atom. The van der Waals surface area contributed by atoms with Crippen LogP contribution in [0.1, 0.15) is 32.1 Å². The van der Waals surface area contributed by atoms with Crippen LogP contribution in [0, 0.1) is 5.82 Å². The number of likely N-dealkylation sites (tertiary alicyclic amines) is 1. The molecule has 5 fully saturated rings. The summed E-state index contributed by atoms with van der Waals surface area (Å²) in [5, 5.41) is 26.7. The summed E-state index contributed by atoms with van der Waals surface area (Å²) in [7, 11) is -4.33. The summed E-state index contributed by atoms with van der Waals surface area (Å²) in [6.07, 6.45) is -1.78. The number of ether oxygens (including phenoxy) is 1. The minimum Gasteiger partial charge on any atom is -0.388 e. The van der Waals surface area contributed by atoms with Crippen LogP contribution in [0.25, 0.3) is 0 Å². The summed E-state index contributed by atoms with van der Waals surface area (Å²) in [6, 6.07) is 2.49. The number of halogens is 1. The summed E-state index contributed by atoms with van der Waals surface area (Å²) in [4.78, 5) is 43.7. The second kappa shape index (κ2) is 11.4. The number of nitrogens with one attached hydrogen (secondary N) is 2. The molecular formula is C27H36FN5O8S. The summed E-state index contributed by atoms with van der Waals surface area (Å²) >= 11 is 0. The molecule has 4 heterocycles. The fourth-order valence-corrected chi connectivity index (χ4v) is 8.33. The fourth-order valence-electron chi connectivity index (χ4n) is 6.72. The molecule has 4 N–H and O–H groups in total. The smallest absolute Gasteiger partial charge is 0.244 e. The second-order valence-electron chi connectivity index (χ2n) is 11.8. The molecule has 1 saturated carbocycles. The Labute approximate surface area is 243 Å². The predicted molar refractivity (Wildman–Crippen MR) is 144 cm³/mol. The third kappa shape index (κ3) is 5.42. The Kier molecular flexibility index (Phi) is 8.00. The average Bonchev–Trinajstić information content (AvgIpc) is 3.45. The monoisotopic (exact) mass is 609 g/mol. The SMILES string of the molecule is O=C1C[C@@H]2O[C@H](CNC(=O)[C@@H]3CN(CCN3S(=O)(=O)c3cccc(F)c3)C(=O)[C@@H]3C[C@@H](CN3C3CCC3)N1)[C@@H](O)[C@H]2O. The van der Waals surface area contributed by atoms with E-state index in [-0.39, 0.29) is 61.4 Å². The van der Waals surface area contributed by atoms with Gasteiger partial charge in [-0.1, -0.05) is 12.5 Å². The molecule has 230 valence electrons. The van der Waals surface area contributed by atoms with Crippen molar-refractivity contribution in [2.75, 3.05) is 32.7 Å². The molecule has 6 bridgehead atoms. The van der Waals surface area contributed by atoms with Crippen molar-refractivity contribution in [3.63, 3.8) is 0 Å². The van der Waals surface area contributed by atoms with E-state index in [1.54, 1.807) is 0 Å². The maximum atomic E-state index is 14.0. The highest BCUT2D eigenvalue weighted by atomic mass is 32.2. The van der Waals surface area contributed by atoms with Crippen molar-refractivity contribution in [3.05, 3.63) is 30.1 Å². The zero-order valence-electron chi connectivity index (χ0n) is 23.0. The van der Waals surface area contributed by atoms with Crippen LogP contribution in [0.5, 0.6) is 0 Å². The number of nitrogens with zero attached hydrogens (tertiary/aromatic N) is 3. The van der Waals surface area contributed by atoms with Gasteiger partial charge in [0.1, 0.15) is 30.2 Å². The van der Waals surface area contributed by atoms with Crippen molar-refractivity contribution in [1.29, 1.82) is 0 Å². The van der Waals surface area contributed by atoms with Gasteiger partial charge in [-0.05, 0) is 37.5 Å². The molecule has 0 radical (unpaired) electrons. The average molecular weight is 610 g/mol. The van der Waals surface area contributed by atoms with E-state index in [1.807, 2.05) is 0 Å². The number of piperazine rings is 1. The number of aliphatic hydroxyl groups excluding tert-OH is 2. The third-order valence-corrected chi connectivity index (χ3v) is 11.1. The first kappa shape index (κ1) is 29.4. The van der Waals surface area contributed by atoms with Crippen LogP contribution in [0.3, 0.4) is 0 Å². The molecule has 6 rings (SSSR count). The van der Waals surface area contributed by atoms with Gasteiger partial charge in [-0.25, -0.2) is 12.8 Å². The number of amides is 3. The zero-order valence-corrected chi connectivity index (χ0v) is 23.8. The molecule has 7 atom stereocenters. The third-order valence-electron chi connectivity index (χ3n) is 9.21. The van der Waals surface area contributed by atoms with E-state index in [9.17, 15) is 37.4 Å². The summed E-state index contributed by atoms with van der Waals surface area (Å²) in [6.45, 7) is -0.202. The van der Waals surface area contributed by atoms with Crippen LogP contribution >= 0.6 is 0 Å². The molecule has 5 aliphatic rings. The topological polar surface area (TPSA) is 169 Å². The minimum absolute atomic E-state index is 0.0293. The number of rotatable bonds is 3. The van der Waals surface area contributed by atoms with Gasteiger partial charge < -0.3 is 30.5 Å². The minimum atomic E-state index is -4.33. The van der Waals surface area contributed by atoms with Crippen LogP contribution in [-0.2, 0) is 29.1 Å². The number of fused-ring (bicyclic) bond motifs is 6. The number of aliphatic hydroxyl groups is 2. The van der Waals surface area contributed by atoms with Crippen molar-refractivity contribution in [2.24, 2.45) is 0 Å². The lowest BCUT2D eigenvalue weighted by Crippen LogP contribution is -2.63. The molecule has 0 aromatic heterocycles. The van der Waals surface area contributed by atoms with E-state index in [2.05, 4.69) is 15.5 Å². The molecule has 0 unspecified atom stereocenters. The lowest BCUT2D eigenvalue weighted by molar-refractivity contribution is -0.141. The molecule has 1 aromatic rings. The lowest BCUT2D eigenvalue weighted by atomic mass is 9.91.